The van der Waals surface area contributed by atoms with Crippen LogP contribution < -0.4 is 5.11 Å². The van der Waals surface area contributed by atoms with Crippen molar-refractivity contribution in [3.8, 4) is 0 Å². The highest BCUT2D eigenvalue weighted by Crippen LogP contribution is 2.14. The van der Waals surface area contributed by atoms with Gasteiger partial charge in [-0.2, -0.15) is 0 Å². The van der Waals surface area contributed by atoms with Crippen LogP contribution in [-0.2, 0) is 28.6 Å². The van der Waals surface area contributed by atoms with Gasteiger partial charge in [0.15, 0.2) is 6.10 Å². The number of carbonyl (C=O) groups excluding carboxylic acids is 3. The van der Waals surface area contributed by atoms with Gasteiger partial charge >= 0.3 is 11.9 Å². The Bertz CT molecular complexity index is 1300. The molecule has 0 bridgehead atoms. The predicted molar refractivity (Wildman–Crippen MR) is 263 cm³/mol. The van der Waals surface area contributed by atoms with E-state index in [0.717, 1.165) is 70.6 Å². The molecule has 0 aliphatic carbocycles. The van der Waals surface area contributed by atoms with Gasteiger partial charge < -0.3 is 28.6 Å². The summed E-state index contributed by atoms with van der Waals surface area (Å²) in [7, 11) is 5.39. The highest BCUT2D eigenvalue weighted by Gasteiger charge is 2.25. The summed E-state index contributed by atoms with van der Waals surface area (Å²) in [5.74, 6) is -1.79. The van der Waals surface area contributed by atoms with Gasteiger partial charge in [0.2, 0.25) is 0 Å². The molecule has 0 spiro atoms. The van der Waals surface area contributed by atoms with Crippen LogP contribution >= 0.6 is 0 Å². The maximum absolute atomic E-state index is 12.8. The maximum atomic E-state index is 12.8. The molecule has 63 heavy (non-hydrogen) atoms. The molecular weight excluding hydrogens is 787 g/mol. The Morgan fingerprint density at radius 3 is 1.43 bits per heavy atom. The second-order valence-electron chi connectivity index (χ2n) is 17.7. The highest BCUT2D eigenvalue weighted by molar-refractivity contribution is 5.70. The molecule has 0 aliphatic rings. The minimum absolute atomic E-state index is 0.0218. The SMILES string of the molecule is CC/C=C/C/C=C/C/C=C/C/C=C/C/C=C/CCCCCC(=O)OC(COCCC(C(=O)[O-])[N+](C)(C)C)COC(=O)CCCCCCCCCCCC/C=C/C=C/CCCCCC. The molecule has 2 atom stereocenters. The zero-order chi connectivity index (χ0) is 46.3. The fraction of sp³-hybridized carbons (Fsp3) is 0.691. The first kappa shape index (κ1) is 59.5. The van der Waals surface area contributed by atoms with E-state index in [9.17, 15) is 19.5 Å². The number of nitrogens with zero attached hydrogens (tertiary/aromatic N) is 1. The van der Waals surface area contributed by atoms with Crippen molar-refractivity contribution in [2.75, 3.05) is 41.0 Å². The fourth-order valence-corrected chi connectivity index (χ4v) is 6.91. The van der Waals surface area contributed by atoms with Crippen LogP contribution in [0.2, 0.25) is 0 Å². The van der Waals surface area contributed by atoms with Crippen molar-refractivity contribution < 1.29 is 38.2 Å². The van der Waals surface area contributed by atoms with Gasteiger partial charge in [-0.25, -0.2) is 0 Å². The number of carboxylic acid groups (broad SMARTS) is 1. The van der Waals surface area contributed by atoms with Gasteiger partial charge in [0, 0.05) is 19.3 Å². The first-order chi connectivity index (χ1) is 30.6. The molecule has 0 rings (SSSR count). The van der Waals surface area contributed by atoms with Crippen molar-refractivity contribution in [3.05, 3.63) is 85.1 Å². The Balaban J connectivity index is 4.34. The van der Waals surface area contributed by atoms with Crippen molar-refractivity contribution in [2.45, 2.75) is 206 Å². The summed E-state index contributed by atoms with van der Waals surface area (Å²) < 4.78 is 17.2. The molecule has 0 aromatic carbocycles. The number of likely N-dealkylation sites (N-methyl/N-ethyl adjacent to an activating group) is 1. The molecule has 0 aliphatic heterocycles. The summed E-state index contributed by atoms with van der Waals surface area (Å²) in [6, 6.07) is -0.737. The predicted octanol–water partition coefficient (Wildman–Crippen LogP) is 13.1. The van der Waals surface area contributed by atoms with Crippen LogP contribution in [0.25, 0.3) is 0 Å². The minimum Gasteiger partial charge on any atom is -0.544 e. The fourth-order valence-electron chi connectivity index (χ4n) is 6.91. The van der Waals surface area contributed by atoms with E-state index >= 15 is 0 Å². The molecule has 8 nitrogen and oxygen atoms in total. The number of allylic oxidation sites excluding steroid dienone is 14. The van der Waals surface area contributed by atoms with E-state index in [1.165, 1.54) is 83.5 Å². The smallest absolute Gasteiger partial charge is 0.306 e. The quantitative estimate of drug-likeness (QED) is 0.0197. The number of ether oxygens (including phenoxy) is 3. The molecule has 0 aromatic heterocycles. The minimum atomic E-state index is -1.13. The van der Waals surface area contributed by atoms with E-state index < -0.39 is 18.1 Å². The van der Waals surface area contributed by atoms with E-state index in [0.29, 0.717) is 12.8 Å². The number of hydrogen-bond donors (Lipinski definition) is 0. The summed E-state index contributed by atoms with van der Waals surface area (Å²) >= 11 is 0. The lowest BCUT2D eigenvalue weighted by Gasteiger charge is -2.34. The molecule has 0 heterocycles. The van der Waals surface area contributed by atoms with E-state index in [2.05, 4.69) is 98.9 Å². The maximum Gasteiger partial charge on any atom is 0.306 e. The van der Waals surface area contributed by atoms with E-state index in [4.69, 9.17) is 14.2 Å². The van der Waals surface area contributed by atoms with Gasteiger partial charge in [-0.15, -0.1) is 0 Å². The van der Waals surface area contributed by atoms with Crippen LogP contribution in [0.4, 0.5) is 0 Å². The van der Waals surface area contributed by atoms with Crippen molar-refractivity contribution in [1.29, 1.82) is 0 Å². The van der Waals surface area contributed by atoms with E-state index in [-0.39, 0.29) is 49.1 Å². The van der Waals surface area contributed by atoms with Crippen molar-refractivity contribution in [1.82, 2.24) is 0 Å². The van der Waals surface area contributed by atoms with E-state index in [1.807, 2.05) is 0 Å². The molecule has 0 N–H and O–H groups in total. The van der Waals surface area contributed by atoms with Crippen LogP contribution in [-0.4, -0.2) is 75.5 Å². The molecule has 0 saturated heterocycles. The highest BCUT2D eigenvalue weighted by atomic mass is 16.6. The number of quaternary nitrogens is 1. The number of rotatable bonds is 44. The van der Waals surface area contributed by atoms with Gasteiger partial charge in [-0.05, 0) is 83.5 Å². The summed E-state index contributed by atoms with van der Waals surface area (Å²) in [6.45, 7) is 4.49. The number of carbonyl (C=O) groups is 3. The lowest BCUT2D eigenvalue weighted by Crippen LogP contribution is -2.55. The topological polar surface area (TPSA) is 102 Å². The van der Waals surface area contributed by atoms with Gasteiger partial charge in [-0.3, -0.25) is 9.59 Å². The average molecular weight is 880 g/mol. The Labute approximate surface area is 386 Å². The third-order valence-corrected chi connectivity index (χ3v) is 10.8. The molecule has 0 aromatic rings. The van der Waals surface area contributed by atoms with Crippen molar-refractivity contribution in [2.24, 2.45) is 0 Å². The molecular formula is C55H93NO7. The van der Waals surface area contributed by atoms with Crippen LogP contribution in [0.5, 0.6) is 0 Å². The Hall–Kier alpha value is -3.49. The molecule has 0 saturated carbocycles. The van der Waals surface area contributed by atoms with E-state index in [1.54, 1.807) is 21.1 Å². The third kappa shape index (κ3) is 43.5. The second-order valence-corrected chi connectivity index (χ2v) is 17.7. The number of carboxylic acids is 1. The lowest BCUT2D eigenvalue weighted by molar-refractivity contribution is -0.889. The number of unbranched alkanes of at least 4 members (excludes halogenated alkanes) is 17. The van der Waals surface area contributed by atoms with Crippen LogP contribution in [0.1, 0.15) is 194 Å². The first-order valence-corrected chi connectivity index (χ1v) is 25.1. The molecule has 360 valence electrons. The lowest BCUT2D eigenvalue weighted by atomic mass is 10.1. The molecule has 2 unspecified atom stereocenters. The Morgan fingerprint density at radius 2 is 0.937 bits per heavy atom. The first-order valence-electron chi connectivity index (χ1n) is 25.1. The monoisotopic (exact) mass is 880 g/mol. The Morgan fingerprint density at radius 1 is 0.508 bits per heavy atom. The largest absolute Gasteiger partial charge is 0.544 e. The van der Waals surface area contributed by atoms with Crippen LogP contribution in [0, 0.1) is 0 Å². The summed E-state index contributed by atoms with van der Waals surface area (Å²) in [6.07, 6.45) is 58.9. The van der Waals surface area contributed by atoms with Crippen molar-refractivity contribution in [3.63, 3.8) is 0 Å². The summed E-state index contributed by atoms with van der Waals surface area (Å²) in [5.41, 5.74) is 0. The van der Waals surface area contributed by atoms with Crippen LogP contribution in [0.15, 0.2) is 85.1 Å². The van der Waals surface area contributed by atoms with Gasteiger partial charge in [-0.1, -0.05) is 176 Å². The second kappa shape index (κ2) is 45.1. The summed E-state index contributed by atoms with van der Waals surface area (Å²) in [4.78, 5) is 37.0. The van der Waals surface area contributed by atoms with Gasteiger partial charge in [0.1, 0.15) is 12.6 Å². The van der Waals surface area contributed by atoms with Gasteiger partial charge in [0.25, 0.3) is 0 Å². The molecule has 0 amide bonds. The van der Waals surface area contributed by atoms with Crippen molar-refractivity contribution >= 4 is 17.9 Å². The zero-order valence-electron chi connectivity index (χ0n) is 41.0. The Kier molecular flexibility index (Phi) is 42.6. The number of aliphatic carboxylic acids is 1. The number of hydrogen-bond acceptors (Lipinski definition) is 7. The molecule has 0 radical (unpaired) electrons. The van der Waals surface area contributed by atoms with Gasteiger partial charge in [0.05, 0.1) is 40.3 Å². The third-order valence-electron chi connectivity index (χ3n) is 10.8. The zero-order valence-corrected chi connectivity index (χ0v) is 41.0. The number of esters is 2. The van der Waals surface area contributed by atoms with Crippen LogP contribution in [0.3, 0.4) is 0 Å². The normalized spacial score (nSPS) is 13.6. The molecule has 8 heteroatoms. The average Bonchev–Trinajstić information content (AvgIpc) is 3.24. The summed E-state index contributed by atoms with van der Waals surface area (Å²) in [5, 5.41) is 11.7. The standard InChI is InChI=1S/C55H93NO7/c1-6-8-10-12-14-16-18-20-22-24-26-28-29-31-33-35-37-39-41-43-45-53(57)62-50-51(49-61-48-47-52(55(59)60)56(3,4)5)63-54(58)46-44-42-40-38-36-34-32-30-27-25-23-21-19-17-15-13-11-9-7-2/h9,11,15-18,20-23,27,30,34,36,51-52H,6-8,10,12-14,19,24-26,28-29,31-33,35,37-50H2,1-5H3/b11-9+,17-15+,18-16+,22-20+,23-21+,30-27+,36-34+. The molecule has 0 fully saturated rings.